The first-order chi connectivity index (χ1) is 15.2. The van der Waals surface area contributed by atoms with Crippen LogP contribution in [0.4, 0.5) is 0 Å². The number of nitrogens with zero attached hydrogens (tertiary/aromatic N) is 3. The lowest BCUT2D eigenvalue weighted by Crippen LogP contribution is -2.38. The average Bonchev–Trinajstić information content (AvgIpc) is 3.39. The van der Waals surface area contributed by atoms with E-state index in [4.69, 9.17) is 0 Å². The van der Waals surface area contributed by atoms with Crippen molar-refractivity contribution in [3.63, 3.8) is 0 Å². The summed E-state index contributed by atoms with van der Waals surface area (Å²) >= 11 is 0. The molecule has 4 aromatic rings. The summed E-state index contributed by atoms with van der Waals surface area (Å²) in [6, 6.07) is 18.6. The molecule has 6 nitrogen and oxygen atoms in total. The lowest BCUT2D eigenvalue weighted by Gasteiger charge is -2.11. The number of aliphatic imine (C=N–C) groups is 1. The first-order valence-corrected chi connectivity index (χ1v) is 10.8. The quantitative estimate of drug-likeness (QED) is 0.232. The molecule has 6 heteroatoms. The molecule has 3 N–H and O–H groups in total. The average molecular weight is 415 g/mol. The topological polar surface area (TPSA) is 70.0 Å². The second kappa shape index (κ2) is 9.98. The van der Waals surface area contributed by atoms with Crippen LogP contribution in [-0.4, -0.2) is 40.9 Å². The largest absolute Gasteiger partial charge is 0.361 e. The third kappa shape index (κ3) is 5.15. The summed E-state index contributed by atoms with van der Waals surface area (Å²) < 4.78 is 1.96. The van der Waals surface area contributed by atoms with E-state index in [0.29, 0.717) is 0 Å². The number of aryl methyl sites for hydroxylation is 2. The van der Waals surface area contributed by atoms with E-state index in [0.717, 1.165) is 49.7 Å². The van der Waals surface area contributed by atoms with Crippen LogP contribution in [0.2, 0.25) is 0 Å². The number of aromatic amines is 1. The summed E-state index contributed by atoms with van der Waals surface area (Å²) in [6.45, 7) is 3.78. The van der Waals surface area contributed by atoms with Gasteiger partial charge in [0.2, 0.25) is 0 Å². The smallest absolute Gasteiger partial charge is 0.190 e. The molecular weight excluding hydrogens is 384 g/mol. The lowest BCUT2D eigenvalue weighted by molar-refractivity contribution is 0.738. The molecule has 0 spiro atoms. The molecule has 0 atom stereocenters. The first-order valence-electron chi connectivity index (χ1n) is 10.8. The number of aromatic nitrogens is 3. The van der Waals surface area contributed by atoms with Crippen molar-refractivity contribution in [2.24, 2.45) is 4.99 Å². The SMILES string of the molecule is CN=C(NCCCc1cn(-c2ccccc2)nc1C)NCCc1c[nH]c2ccccc12. The molecule has 160 valence electrons. The van der Waals surface area contributed by atoms with Gasteiger partial charge in [-0.2, -0.15) is 5.10 Å². The Kier molecular flexibility index (Phi) is 6.67. The van der Waals surface area contributed by atoms with Gasteiger partial charge in [-0.25, -0.2) is 4.68 Å². The Balaban J connectivity index is 1.21. The highest BCUT2D eigenvalue weighted by Crippen LogP contribution is 2.17. The molecule has 4 rings (SSSR count). The molecule has 0 amide bonds. The second-order valence-electron chi connectivity index (χ2n) is 7.66. The van der Waals surface area contributed by atoms with E-state index in [-0.39, 0.29) is 0 Å². The highest BCUT2D eigenvalue weighted by atomic mass is 15.3. The van der Waals surface area contributed by atoms with Crippen LogP contribution in [0.15, 0.2) is 72.0 Å². The molecule has 0 saturated heterocycles. The zero-order valence-electron chi connectivity index (χ0n) is 18.2. The van der Waals surface area contributed by atoms with Crippen molar-refractivity contribution in [1.82, 2.24) is 25.4 Å². The van der Waals surface area contributed by atoms with Crippen LogP contribution in [0.25, 0.3) is 16.6 Å². The fourth-order valence-electron chi connectivity index (χ4n) is 3.81. The standard InChI is InChI=1S/C25H30N6/c1-19-21(18-31(30-19)22-10-4-3-5-11-22)9-8-15-27-25(26-2)28-16-14-20-17-29-24-13-7-6-12-23(20)24/h3-7,10-13,17-18,29H,8-9,14-16H2,1-2H3,(H2,26,27,28). The minimum absolute atomic E-state index is 0.838. The molecule has 0 aliphatic carbocycles. The number of fused-ring (bicyclic) bond motifs is 1. The number of nitrogens with one attached hydrogen (secondary N) is 3. The van der Waals surface area contributed by atoms with Gasteiger partial charge in [0, 0.05) is 43.4 Å². The van der Waals surface area contributed by atoms with E-state index >= 15 is 0 Å². The van der Waals surface area contributed by atoms with Crippen molar-refractivity contribution in [3.05, 3.63) is 83.8 Å². The van der Waals surface area contributed by atoms with Gasteiger partial charge in [0.05, 0.1) is 11.4 Å². The summed E-state index contributed by atoms with van der Waals surface area (Å²) in [4.78, 5) is 7.68. The lowest BCUT2D eigenvalue weighted by atomic mass is 10.1. The Labute approximate surface area is 183 Å². The molecule has 0 fully saturated rings. The van der Waals surface area contributed by atoms with Crippen molar-refractivity contribution in [1.29, 1.82) is 0 Å². The predicted molar refractivity (Wildman–Crippen MR) is 128 cm³/mol. The highest BCUT2D eigenvalue weighted by molar-refractivity contribution is 5.83. The fourth-order valence-corrected chi connectivity index (χ4v) is 3.81. The minimum Gasteiger partial charge on any atom is -0.361 e. The van der Waals surface area contributed by atoms with Crippen LogP contribution in [0.3, 0.4) is 0 Å². The van der Waals surface area contributed by atoms with Crippen LogP contribution >= 0.6 is 0 Å². The van der Waals surface area contributed by atoms with Gasteiger partial charge in [-0.05, 0) is 55.5 Å². The maximum Gasteiger partial charge on any atom is 0.190 e. The third-order valence-corrected chi connectivity index (χ3v) is 5.52. The summed E-state index contributed by atoms with van der Waals surface area (Å²) in [7, 11) is 1.81. The van der Waals surface area contributed by atoms with Crippen LogP contribution < -0.4 is 10.6 Å². The van der Waals surface area contributed by atoms with Crippen LogP contribution in [0.5, 0.6) is 0 Å². The van der Waals surface area contributed by atoms with Crippen LogP contribution in [0, 0.1) is 6.92 Å². The van der Waals surface area contributed by atoms with Crippen molar-refractivity contribution < 1.29 is 0 Å². The van der Waals surface area contributed by atoms with E-state index in [1.165, 1.54) is 22.0 Å². The highest BCUT2D eigenvalue weighted by Gasteiger charge is 2.07. The molecule has 0 bridgehead atoms. The van der Waals surface area contributed by atoms with E-state index in [2.05, 4.69) is 81.4 Å². The van der Waals surface area contributed by atoms with Gasteiger partial charge in [0.15, 0.2) is 5.96 Å². The van der Waals surface area contributed by atoms with E-state index in [1.807, 2.05) is 29.9 Å². The monoisotopic (exact) mass is 414 g/mol. The maximum absolute atomic E-state index is 4.65. The molecule has 2 heterocycles. The van der Waals surface area contributed by atoms with Gasteiger partial charge >= 0.3 is 0 Å². The Morgan fingerprint density at radius 3 is 2.58 bits per heavy atom. The number of para-hydroxylation sites is 2. The molecular formula is C25H30N6. The molecule has 0 unspecified atom stereocenters. The van der Waals surface area contributed by atoms with Gasteiger partial charge in [0.25, 0.3) is 0 Å². The number of rotatable bonds is 8. The Morgan fingerprint density at radius 1 is 0.968 bits per heavy atom. The van der Waals surface area contributed by atoms with Crippen molar-refractivity contribution >= 4 is 16.9 Å². The fraction of sp³-hybridized carbons (Fsp3) is 0.280. The van der Waals surface area contributed by atoms with Gasteiger partial charge in [-0.1, -0.05) is 36.4 Å². The maximum atomic E-state index is 4.65. The zero-order chi connectivity index (χ0) is 21.5. The molecule has 0 aliphatic heterocycles. The Bertz CT molecular complexity index is 1140. The normalized spacial score (nSPS) is 11.7. The van der Waals surface area contributed by atoms with E-state index < -0.39 is 0 Å². The first kappa shape index (κ1) is 20.7. The Hall–Kier alpha value is -3.54. The number of hydrogen-bond donors (Lipinski definition) is 3. The van der Waals surface area contributed by atoms with Crippen molar-refractivity contribution in [2.75, 3.05) is 20.1 Å². The van der Waals surface area contributed by atoms with E-state index in [9.17, 15) is 0 Å². The number of hydrogen-bond acceptors (Lipinski definition) is 2. The Morgan fingerprint density at radius 2 is 1.74 bits per heavy atom. The van der Waals surface area contributed by atoms with Crippen molar-refractivity contribution in [2.45, 2.75) is 26.2 Å². The minimum atomic E-state index is 0.838. The van der Waals surface area contributed by atoms with E-state index in [1.54, 1.807) is 0 Å². The molecule has 0 saturated carbocycles. The van der Waals surface area contributed by atoms with Crippen LogP contribution in [-0.2, 0) is 12.8 Å². The summed E-state index contributed by atoms with van der Waals surface area (Å²) in [5, 5.41) is 12.8. The zero-order valence-corrected chi connectivity index (χ0v) is 18.2. The van der Waals surface area contributed by atoms with Gasteiger partial charge < -0.3 is 15.6 Å². The molecule has 0 radical (unpaired) electrons. The molecule has 2 aromatic heterocycles. The van der Waals surface area contributed by atoms with Crippen LogP contribution in [0.1, 0.15) is 23.2 Å². The predicted octanol–water partition coefficient (Wildman–Crippen LogP) is 4.00. The molecule has 2 aromatic carbocycles. The van der Waals surface area contributed by atoms with Gasteiger partial charge in [0.1, 0.15) is 0 Å². The summed E-state index contributed by atoms with van der Waals surface area (Å²) in [5.74, 6) is 0.844. The van der Waals surface area contributed by atoms with Crippen molar-refractivity contribution in [3.8, 4) is 5.69 Å². The second-order valence-corrected chi connectivity index (χ2v) is 7.66. The van der Waals surface area contributed by atoms with Gasteiger partial charge in [-0.15, -0.1) is 0 Å². The molecule has 31 heavy (non-hydrogen) atoms. The summed E-state index contributed by atoms with van der Waals surface area (Å²) in [5.41, 5.74) is 5.98. The summed E-state index contributed by atoms with van der Waals surface area (Å²) in [6.07, 6.45) is 7.18. The van der Waals surface area contributed by atoms with Gasteiger partial charge in [-0.3, -0.25) is 4.99 Å². The number of guanidine groups is 1. The molecule has 0 aliphatic rings. The number of benzene rings is 2. The number of H-pyrrole nitrogens is 1. The third-order valence-electron chi connectivity index (χ3n) is 5.52.